The van der Waals surface area contributed by atoms with E-state index in [1.54, 1.807) is 4.57 Å². The molecule has 0 aliphatic rings. The monoisotopic (exact) mass is 340 g/mol. The van der Waals surface area contributed by atoms with E-state index in [0.29, 0.717) is 16.7 Å². The molecule has 0 saturated carbocycles. The standard InChI is InChI=1S/C23H20N2O/c1-15-13-14-21(17(3)16(15)2)25-22(18-9-5-4-6-10-18)24-20-12-8-7-11-19(20)23(25)26/h4-14H,1-3H3. The van der Waals surface area contributed by atoms with Crippen molar-refractivity contribution in [1.29, 1.82) is 0 Å². The molecular formula is C23H20N2O. The third-order valence-corrected chi connectivity index (χ3v) is 5.08. The van der Waals surface area contributed by atoms with Crippen molar-refractivity contribution in [1.82, 2.24) is 9.55 Å². The zero-order valence-electron chi connectivity index (χ0n) is 15.2. The first-order valence-electron chi connectivity index (χ1n) is 8.72. The number of aromatic nitrogens is 2. The first-order valence-corrected chi connectivity index (χ1v) is 8.72. The molecule has 0 atom stereocenters. The summed E-state index contributed by atoms with van der Waals surface area (Å²) in [5.41, 5.74) is 6.00. The number of hydrogen-bond donors (Lipinski definition) is 0. The minimum Gasteiger partial charge on any atom is -0.268 e. The summed E-state index contributed by atoms with van der Waals surface area (Å²) in [6.45, 7) is 6.25. The lowest BCUT2D eigenvalue weighted by Gasteiger charge is -2.18. The summed E-state index contributed by atoms with van der Waals surface area (Å²) in [5.74, 6) is 0.667. The lowest BCUT2D eigenvalue weighted by molar-refractivity contribution is 0.959. The molecule has 26 heavy (non-hydrogen) atoms. The molecule has 128 valence electrons. The topological polar surface area (TPSA) is 34.9 Å². The van der Waals surface area contributed by atoms with Gasteiger partial charge < -0.3 is 0 Å². The molecule has 0 N–H and O–H groups in total. The van der Waals surface area contributed by atoms with Crippen LogP contribution in [0.1, 0.15) is 16.7 Å². The largest absolute Gasteiger partial charge is 0.268 e. The van der Waals surface area contributed by atoms with Crippen molar-refractivity contribution in [3.63, 3.8) is 0 Å². The fourth-order valence-corrected chi connectivity index (χ4v) is 3.32. The van der Waals surface area contributed by atoms with Gasteiger partial charge in [0, 0.05) is 5.56 Å². The van der Waals surface area contributed by atoms with Gasteiger partial charge in [0.1, 0.15) is 5.82 Å². The normalized spacial score (nSPS) is 11.0. The smallest absolute Gasteiger partial charge is 0.266 e. The van der Waals surface area contributed by atoms with Gasteiger partial charge in [-0.1, -0.05) is 48.5 Å². The highest BCUT2D eigenvalue weighted by molar-refractivity contribution is 5.80. The maximum atomic E-state index is 13.4. The fraction of sp³-hybridized carbons (Fsp3) is 0.130. The van der Waals surface area contributed by atoms with E-state index < -0.39 is 0 Å². The molecule has 3 nitrogen and oxygen atoms in total. The molecule has 0 aliphatic heterocycles. The molecule has 1 heterocycles. The molecule has 4 rings (SSSR count). The Morgan fingerprint density at radius 2 is 1.46 bits per heavy atom. The molecule has 0 unspecified atom stereocenters. The van der Waals surface area contributed by atoms with Crippen LogP contribution in [0.15, 0.2) is 71.5 Å². The van der Waals surface area contributed by atoms with E-state index >= 15 is 0 Å². The van der Waals surface area contributed by atoms with Crippen molar-refractivity contribution < 1.29 is 0 Å². The molecule has 0 bridgehead atoms. The van der Waals surface area contributed by atoms with Gasteiger partial charge in [-0.3, -0.25) is 9.36 Å². The van der Waals surface area contributed by atoms with Crippen LogP contribution in [0.5, 0.6) is 0 Å². The van der Waals surface area contributed by atoms with Gasteiger partial charge in [-0.15, -0.1) is 0 Å². The Bertz CT molecular complexity index is 1170. The molecule has 0 amide bonds. The average Bonchev–Trinajstić information content (AvgIpc) is 2.68. The van der Waals surface area contributed by atoms with Crippen LogP contribution in [0.2, 0.25) is 0 Å². The van der Waals surface area contributed by atoms with Crippen LogP contribution < -0.4 is 5.56 Å². The van der Waals surface area contributed by atoms with Crippen LogP contribution in [0, 0.1) is 20.8 Å². The quantitative estimate of drug-likeness (QED) is 0.516. The summed E-state index contributed by atoms with van der Waals surface area (Å²) in [4.78, 5) is 18.2. The molecule has 3 aromatic carbocycles. The molecule has 4 aromatic rings. The van der Waals surface area contributed by atoms with Crippen LogP contribution in [0.4, 0.5) is 0 Å². The molecule has 0 spiro atoms. The Morgan fingerprint density at radius 1 is 0.769 bits per heavy atom. The van der Waals surface area contributed by atoms with E-state index in [1.165, 1.54) is 11.1 Å². The predicted octanol–water partition coefficient (Wildman–Crippen LogP) is 4.98. The van der Waals surface area contributed by atoms with Gasteiger partial charge >= 0.3 is 0 Å². The minimum atomic E-state index is -0.0409. The number of aryl methyl sites for hydroxylation is 1. The lowest BCUT2D eigenvalue weighted by Crippen LogP contribution is -2.23. The van der Waals surface area contributed by atoms with E-state index in [0.717, 1.165) is 16.8 Å². The first kappa shape index (κ1) is 16.3. The summed E-state index contributed by atoms with van der Waals surface area (Å²) in [6.07, 6.45) is 0. The van der Waals surface area contributed by atoms with E-state index in [2.05, 4.69) is 26.8 Å². The molecule has 1 aromatic heterocycles. The number of fused-ring (bicyclic) bond motifs is 1. The second kappa shape index (κ2) is 6.26. The van der Waals surface area contributed by atoms with Crippen molar-refractivity contribution in [2.24, 2.45) is 0 Å². The number of para-hydroxylation sites is 1. The Morgan fingerprint density at radius 3 is 2.23 bits per heavy atom. The molecule has 0 fully saturated rings. The second-order valence-electron chi connectivity index (χ2n) is 6.61. The second-order valence-corrected chi connectivity index (χ2v) is 6.61. The maximum absolute atomic E-state index is 13.4. The number of hydrogen-bond acceptors (Lipinski definition) is 2. The molecular weight excluding hydrogens is 320 g/mol. The highest BCUT2D eigenvalue weighted by Gasteiger charge is 2.16. The Hall–Kier alpha value is -3.20. The highest BCUT2D eigenvalue weighted by atomic mass is 16.1. The third kappa shape index (κ3) is 2.53. The lowest BCUT2D eigenvalue weighted by atomic mass is 10.0. The van der Waals surface area contributed by atoms with Crippen LogP contribution >= 0.6 is 0 Å². The van der Waals surface area contributed by atoms with Crippen LogP contribution in [-0.4, -0.2) is 9.55 Å². The summed E-state index contributed by atoms with van der Waals surface area (Å²) in [5, 5.41) is 0.629. The summed E-state index contributed by atoms with van der Waals surface area (Å²) < 4.78 is 1.75. The van der Waals surface area contributed by atoms with Crippen molar-refractivity contribution >= 4 is 10.9 Å². The van der Waals surface area contributed by atoms with Crippen LogP contribution in [-0.2, 0) is 0 Å². The molecule has 0 saturated heterocycles. The molecule has 0 aliphatic carbocycles. The van der Waals surface area contributed by atoms with Gasteiger partial charge in [0.2, 0.25) is 0 Å². The van der Waals surface area contributed by atoms with Gasteiger partial charge in [0.25, 0.3) is 5.56 Å². The first-order chi connectivity index (χ1) is 12.6. The van der Waals surface area contributed by atoms with Crippen LogP contribution in [0.3, 0.4) is 0 Å². The average molecular weight is 340 g/mol. The van der Waals surface area contributed by atoms with Crippen LogP contribution in [0.25, 0.3) is 28.0 Å². The van der Waals surface area contributed by atoms with E-state index in [-0.39, 0.29) is 5.56 Å². The predicted molar refractivity (Wildman–Crippen MR) is 107 cm³/mol. The molecule has 0 radical (unpaired) electrons. The van der Waals surface area contributed by atoms with E-state index in [1.807, 2.05) is 60.7 Å². The Kier molecular flexibility index (Phi) is 3.92. The zero-order chi connectivity index (χ0) is 18.3. The number of benzene rings is 3. The highest BCUT2D eigenvalue weighted by Crippen LogP contribution is 2.26. The Labute approximate surface area is 152 Å². The van der Waals surface area contributed by atoms with Gasteiger partial charge in [-0.2, -0.15) is 0 Å². The van der Waals surface area contributed by atoms with Crippen molar-refractivity contribution in [2.75, 3.05) is 0 Å². The van der Waals surface area contributed by atoms with Crippen molar-refractivity contribution in [3.05, 3.63) is 93.8 Å². The number of nitrogens with zero attached hydrogens (tertiary/aromatic N) is 2. The zero-order valence-corrected chi connectivity index (χ0v) is 15.2. The van der Waals surface area contributed by atoms with E-state index in [9.17, 15) is 4.79 Å². The van der Waals surface area contributed by atoms with Crippen molar-refractivity contribution in [2.45, 2.75) is 20.8 Å². The van der Waals surface area contributed by atoms with Gasteiger partial charge in [0.15, 0.2) is 0 Å². The van der Waals surface area contributed by atoms with Crippen molar-refractivity contribution in [3.8, 4) is 17.1 Å². The third-order valence-electron chi connectivity index (χ3n) is 5.08. The SMILES string of the molecule is Cc1ccc(-n2c(-c3ccccc3)nc3ccccc3c2=O)c(C)c1C. The van der Waals surface area contributed by atoms with Gasteiger partial charge in [0.05, 0.1) is 16.6 Å². The molecule has 3 heteroatoms. The number of rotatable bonds is 2. The van der Waals surface area contributed by atoms with E-state index in [4.69, 9.17) is 4.98 Å². The summed E-state index contributed by atoms with van der Waals surface area (Å²) >= 11 is 0. The summed E-state index contributed by atoms with van der Waals surface area (Å²) in [6, 6.07) is 21.5. The Balaban J connectivity index is 2.16. The summed E-state index contributed by atoms with van der Waals surface area (Å²) in [7, 11) is 0. The van der Waals surface area contributed by atoms with Gasteiger partial charge in [-0.05, 0) is 55.7 Å². The maximum Gasteiger partial charge on any atom is 0.266 e. The minimum absolute atomic E-state index is 0.0409. The van der Waals surface area contributed by atoms with Gasteiger partial charge in [-0.25, -0.2) is 4.98 Å². The fourth-order valence-electron chi connectivity index (χ4n) is 3.32.